The van der Waals surface area contributed by atoms with Crippen LogP contribution in [0.4, 0.5) is 13.2 Å². The van der Waals surface area contributed by atoms with Crippen LogP contribution in [0.25, 0.3) is 0 Å². The van der Waals surface area contributed by atoms with Crippen molar-refractivity contribution < 1.29 is 55.5 Å². The van der Waals surface area contributed by atoms with Crippen LogP contribution in [0.5, 0.6) is 11.5 Å². The summed E-state index contributed by atoms with van der Waals surface area (Å²) in [4.78, 5) is 54.0. The molecule has 3 aromatic carbocycles. The van der Waals surface area contributed by atoms with Crippen LogP contribution < -0.4 is 31.4 Å². The molecule has 6 atom stereocenters. The van der Waals surface area contributed by atoms with Gasteiger partial charge in [0.05, 0.1) is 53.1 Å². The maximum absolute atomic E-state index is 13.9. The molecule has 0 saturated carbocycles. The van der Waals surface area contributed by atoms with E-state index in [4.69, 9.17) is 32.7 Å². The van der Waals surface area contributed by atoms with Crippen LogP contribution >= 0.6 is 8.53 Å². The van der Waals surface area contributed by atoms with E-state index >= 15 is 0 Å². The van der Waals surface area contributed by atoms with Crippen LogP contribution in [-0.2, 0) is 38.4 Å². The number of alkyl halides is 3. The molecule has 386 valence electrons. The zero-order valence-corrected chi connectivity index (χ0v) is 42.2. The molecule has 2 fully saturated rings. The number of nitrogens with zero attached hydrogens (tertiary/aromatic N) is 3. The van der Waals surface area contributed by atoms with Crippen LogP contribution in [0.2, 0.25) is 0 Å². The minimum absolute atomic E-state index is 0.0542. The summed E-state index contributed by atoms with van der Waals surface area (Å²) in [6.07, 6.45) is -7.32. The molecule has 0 aliphatic carbocycles. The van der Waals surface area contributed by atoms with Crippen molar-refractivity contribution in [2.45, 2.75) is 108 Å². The van der Waals surface area contributed by atoms with Gasteiger partial charge in [-0.25, -0.2) is 9.46 Å². The lowest BCUT2D eigenvalue weighted by molar-refractivity contribution is -0.203. The Balaban J connectivity index is 1.42. The van der Waals surface area contributed by atoms with Gasteiger partial charge < -0.3 is 43.4 Å². The minimum atomic E-state index is -5.20. The average molecular weight is 1020 g/mol. The van der Waals surface area contributed by atoms with Crippen molar-refractivity contribution >= 4 is 20.3 Å². The lowest BCUT2D eigenvalue weighted by atomic mass is 9.79. The number of rotatable bonds is 22. The summed E-state index contributed by atoms with van der Waals surface area (Å²) in [6, 6.07) is 25.0. The lowest BCUT2D eigenvalue weighted by Gasteiger charge is -2.41. The van der Waals surface area contributed by atoms with E-state index < -0.39 is 80.0 Å². The van der Waals surface area contributed by atoms with Crippen molar-refractivity contribution in [3.63, 3.8) is 0 Å². The number of carbonyl (C=O) groups excluding carboxylic acids is 2. The number of nitrogens with one attached hydrogen (secondary N) is 3. The van der Waals surface area contributed by atoms with Gasteiger partial charge in [-0.15, -0.1) is 0 Å². The number of halogens is 3. The van der Waals surface area contributed by atoms with Crippen LogP contribution in [0.3, 0.4) is 0 Å². The first-order chi connectivity index (χ1) is 34.3. The van der Waals surface area contributed by atoms with Gasteiger partial charge in [-0.3, -0.25) is 23.9 Å². The molecule has 72 heavy (non-hydrogen) atoms. The summed E-state index contributed by atoms with van der Waals surface area (Å²) < 4.78 is 87.7. The minimum Gasteiger partial charge on any atom is -0.497 e. The Kier molecular flexibility index (Phi) is 18.5. The molecule has 21 heteroatoms. The predicted molar refractivity (Wildman–Crippen MR) is 260 cm³/mol. The lowest BCUT2D eigenvalue weighted by Crippen LogP contribution is -2.51. The molecule has 6 rings (SSSR count). The summed E-state index contributed by atoms with van der Waals surface area (Å²) in [5, 5.41) is 13.6. The number of H-pyrrole nitrogens is 1. The average Bonchev–Trinajstić information content (AvgIpc) is 3.84. The summed E-state index contributed by atoms with van der Waals surface area (Å²) in [5.74, 6) is 3.04. The van der Waals surface area contributed by atoms with Crippen molar-refractivity contribution in [3.8, 4) is 29.4 Å². The van der Waals surface area contributed by atoms with Gasteiger partial charge in [-0.05, 0) is 81.0 Å². The zero-order chi connectivity index (χ0) is 52.4. The van der Waals surface area contributed by atoms with Crippen LogP contribution in [-0.4, -0.2) is 109 Å². The maximum atomic E-state index is 13.9. The number of aromatic nitrogens is 2. The molecule has 0 radical (unpaired) electrons. The van der Waals surface area contributed by atoms with Gasteiger partial charge in [0, 0.05) is 18.3 Å². The van der Waals surface area contributed by atoms with Crippen LogP contribution in [0, 0.1) is 29.1 Å². The number of nitriles is 1. The third kappa shape index (κ3) is 12.6. The molecule has 2 bridgehead atoms. The Morgan fingerprint density at radius 1 is 0.931 bits per heavy atom. The fourth-order valence-electron chi connectivity index (χ4n) is 8.67. The number of benzene rings is 3. The number of fused-ring (bicyclic) bond motifs is 2. The first kappa shape index (κ1) is 55.2. The Labute approximate surface area is 417 Å². The molecule has 2 aliphatic rings. The zero-order valence-electron chi connectivity index (χ0n) is 41.3. The highest BCUT2D eigenvalue weighted by Crippen LogP contribution is 2.56. The fraction of sp³-hybridized carbons (Fsp3) is 0.471. The Morgan fingerprint density at radius 3 is 2.07 bits per heavy atom. The van der Waals surface area contributed by atoms with Crippen molar-refractivity contribution in [1.82, 2.24) is 24.9 Å². The number of hydrogen-bond donors (Lipinski definition) is 3. The summed E-state index contributed by atoms with van der Waals surface area (Å²) >= 11 is 0. The number of amides is 2. The van der Waals surface area contributed by atoms with Gasteiger partial charge in [0.25, 0.3) is 14.1 Å². The van der Waals surface area contributed by atoms with E-state index in [0.717, 1.165) is 21.3 Å². The molecule has 3 heterocycles. The molecule has 0 spiro atoms. The highest BCUT2D eigenvalue weighted by Gasteiger charge is 2.65. The first-order valence-corrected chi connectivity index (χ1v) is 24.4. The molecule has 1 unspecified atom stereocenters. The molecule has 2 amide bonds. The van der Waals surface area contributed by atoms with Gasteiger partial charge in [-0.2, -0.15) is 18.4 Å². The number of methoxy groups -OCH3 is 2. The van der Waals surface area contributed by atoms with Crippen molar-refractivity contribution in [3.05, 3.63) is 128 Å². The second kappa shape index (κ2) is 24.1. The van der Waals surface area contributed by atoms with E-state index in [-0.39, 0.29) is 56.2 Å². The Bertz CT molecular complexity index is 2650. The molecule has 1 aromatic heterocycles. The molecular formula is C51H60F3N6O11P. The summed E-state index contributed by atoms with van der Waals surface area (Å²) in [6.45, 7) is 10.6. The first-order valence-electron chi connectivity index (χ1n) is 23.3. The van der Waals surface area contributed by atoms with Crippen LogP contribution in [0.1, 0.15) is 82.9 Å². The molecular weight excluding hydrogens is 961 g/mol. The molecule has 17 nitrogen and oxygen atoms in total. The third-order valence-electron chi connectivity index (χ3n) is 11.9. The highest BCUT2D eigenvalue weighted by molar-refractivity contribution is 7.44. The topological polar surface area (TPSA) is 205 Å². The van der Waals surface area contributed by atoms with Gasteiger partial charge >= 0.3 is 17.8 Å². The second-order valence-corrected chi connectivity index (χ2v) is 19.5. The van der Waals surface area contributed by atoms with Gasteiger partial charge in [0.15, 0.2) is 6.23 Å². The monoisotopic (exact) mass is 1020 g/mol. The maximum Gasteiger partial charge on any atom is 0.471 e. The normalized spacial score (nSPS) is 19.4. The molecule has 3 N–H and O–H groups in total. The molecule has 4 aromatic rings. The van der Waals surface area contributed by atoms with Crippen molar-refractivity contribution in [2.24, 2.45) is 5.92 Å². The van der Waals surface area contributed by atoms with Crippen molar-refractivity contribution in [2.75, 3.05) is 40.6 Å². The van der Waals surface area contributed by atoms with E-state index in [9.17, 15) is 37.6 Å². The molecule has 2 aliphatic heterocycles. The number of aromatic amines is 1. The predicted octanol–water partition coefficient (Wildman–Crippen LogP) is 6.45. The Morgan fingerprint density at radius 2 is 1.53 bits per heavy atom. The highest BCUT2D eigenvalue weighted by atomic mass is 31.2. The van der Waals surface area contributed by atoms with E-state index in [1.165, 1.54) is 6.20 Å². The second-order valence-electron chi connectivity index (χ2n) is 18.1. The van der Waals surface area contributed by atoms with E-state index in [0.29, 0.717) is 11.5 Å². The fourth-order valence-corrected chi connectivity index (χ4v) is 10.5. The van der Waals surface area contributed by atoms with Gasteiger partial charge in [0.1, 0.15) is 46.5 Å². The standard InChI is InChI=1S/C51H60F3N6O11P/c1-32(2)28-41(57-47(63)51(52,53)54)45(62)56-26-12-14-35-29-59(48(64)58-44(35)61)46-42-43(71-72(69-27-13-25-55)60(33(3)4)34(5)6)49(70-46,30-67-42)31-68-50(36-15-10-9-11-16-36,37-17-21-39(65-7)22-18-37)38-19-23-40(66-8)24-20-38/h9-11,15-24,29,32-34,41-43,46H,13,26-28,30-31H2,1-8H3,(H,56,62)(H,57,63)(H,58,61,64)/t41-,42-,43+,46+,49-,72?/m0/s1. The van der Waals surface area contributed by atoms with Crippen LogP contribution in [0.15, 0.2) is 94.6 Å². The number of ether oxygens (including phenoxy) is 5. The third-order valence-corrected chi connectivity index (χ3v) is 14.1. The van der Waals surface area contributed by atoms with Crippen molar-refractivity contribution in [1.29, 1.82) is 5.26 Å². The van der Waals surface area contributed by atoms with E-state index in [1.807, 2.05) is 111 Å². The number of hydrogen-bond acceptors (Lipinski definition) is 13. The summed E-state index contributed by atoms with van der Waals surface area (Å²) in [5.41, 5.74) is -2.57. The number of carbonyl (C=O) groups is 2. The van der Waals surface area contributed by atoms with E-state index in [2.05, 4.69) is 28.2 Å². The Hall–Kier alpha value is -6.09. The van der Waals surface area contributed by atoms with E-state index in [1.54, 1.807) is 33.4 Å². The largest absolute Gasteiger partial charge is 0.497 e. The van der Waals surface area contributed by atoms with Gasteiger partial charge in [0.2, 0.25) is 5.91 Å². The quantitative estimate of drug-likeness (QED) is 0.0336. The van der Waals surface area contributed by atoms with Gasteiger partial charge in [-0.1, -0.05) is 80.3 Å². The SMILES string of the molecule is COc1ccc(C(OC[C@]23CO[C@H]([C@H](n4cc(C#CCNC(=O)[C@H](CC(C)C)NC(=O)C(F)(F)F)c(=O)[nH]c4=O)O2)[C@H]3OP(OCCC#N)N(C(C)C)C(C)C)(c2ccccc2)c2ccc(OC)cc2)cc1. The molecule has 2 saturated heterocycles. The smallest absolute Gasteiger partial charge is 0.471 e. The summed E-state index contributed by atoms with van der Waals surface area (Å²) in [7, 11) is 1.21.